The van der Waals surface area contributed by atoms with Crippen molar-refractivity contribution in [2.45, 2.75) is 33.6 Å². The Morgan fingerprint density at radius 3 is 2.53 bits per heavy atom. The van der Waals surface area contributed by atoms with Crippen LogP contribution in [-0.4, -0.2) is 48.8 Å². The van der Waals surface area contributed by atoms with Gasteiger partial charge in [-0.2, -0.15) is 0 Å². The number of hydrogen-bond donors (Lipinski definition) is 2. The highest BCUT2D eigenvalue weighted by Gasteiger charge is 2.22. The first-order valence-electron chi connectivity index (χ1n) is 10.2. The molecule has 0 spiro atoms. The van der Waals surface area contributed by atoms with Gasteiger partial charge in [-0.15, -0.1) is 0 Å². The molecular formula is C23H29N3O4. The molecule has 7 nitrogen and oxygen atoms in total. The molecule has 2 heterocycles. The number of hydrogen-bond acceptors (Lipinski definition) is 6. The lowest BCUT2D eigenvalue weighted by molar-refractivity contribution is 0.0600. The van der Waals surface area contributed by atoms with Crippen LogP contribution in [0.3, 0.4) is 0 Å². The molecule has 1 amide bonds. The number of benzene rings is 1. The monoisotopic (exact) mass is 411 g/mol. The van der Waals surface area contributed by atoms with Crippen LogP contribution in [0.15, 0.2) is 24.3 Å². The number of aromatic nitrogens is 1. The van der Waals surface area contributed by atoms with Crippen molar-refractivity contribution in [3.63, 3.8) is 0 Å². The Morgan fingerprint density at radius 2 is 1.90 bits per heavy atom. The number of pyridine rings is 1. The maximum absolute atomic E-state index is 13.0. The summed E-state index contributed by atoms with van der Waals surface area (Å²) in [6.45, 7) is 7.30. The predicted molar refractivity (Wildman–Crippen MR) is 116 cm³/mol. The first-order chi connectivity index (χ1) is 14.3. The lowest BCUT2D eigenvalue weighted by Gasteiger charge is -2.33. The topological polar surface area (TPSA) is 91.8 Å². The summed E-state index contributed by atoms with van der Waals surface area (Å²) in [5.74, 6) is 0.283. The molecule has 2 aromatic rings. The molecule has 1 aromatic heterocycles. The van der Waals surface area contributed by atoms with Crippen molar-refractivity contribution in [2.75, 3.05) is 37.0 Å². The smallest absolute Gasteiger partial charge is 0.337 e. The molecule has 1 fully saturated rings. The van der Waals surface area contributed by atoms with E-state index in [0.29, 0.717) is 16.9 Å². The maximum atomic E-state index is 13.0. The van der Waals surface area contributed by atoms with Crippen molar-refractivity contribution in [3.8, 4) is 0 Å². The van der Waals surface area contributed by atoms with E-state index in [1.807, 2.05) is 32.9 Å². The summed E-state index contributed by atoms with van der Waals surface area (Å²) >= 11 is 0. The van der Waals surface area contributed by atoms with Gasteiger partial charge in [0.1, 0.15) is 11.5 Å². The average Bonchev–Trinajstić information content (AvgIpc) is 2.75. The fourth-order valence-corrected chi connectivity index (χ4v) is 3.92. The molecule has 0 aliphatic carbocycles. The number of aliphatic hydroxyl groups excluding tert-OH is 1. The Morgan fingerprint density at radius 1 is 1.20 bits per heavy atom. The zero-order valence-corrected chi connectivity index (χ0v) is 18.0. The standard InChI is InChI=1S/C23H29N3O4/c1-14-7-8-19(26-9-5-6-17(12-26)13-27)24-21(14)22(28)25-20-15(2)10-18(11-16(20)3)23(29)30-4/h7-8,10-11,17,27H,5-6,9,12-13H2,1-4H3,(H,25,28). The Hall–Kier alpha value is -2.93. The SMILES string of the molecule is COC(=O)c1cc(C)c(NC(=O)c2nc(N3CCCC(CO)C3)ccc2C)c(C)c1. The van der Waals surface area contributed by atoms with Crippen molar-refractivity contribution in [3.05, 3.63) is 52.2 Å². The zero-order chi connectivity index (χ0) is 21.8. The van der Waals surface area contributed by atoms with E-state index in [0.717, 1.165) is 48.4 Å². The fraction of sp³-hybridized carbons (Fsp3) is 0.435. The molecule has 7 heteroatoms. The largest absolute Gasteiger partial charge is 0.465 e. The summed E-state index contributed by atoms with van der Waals surface area (Å²) in [6.07, 6.45) is 2.00. The van der Waals surface area contributed by atoms with E-state index < -0.39 is 5.97 Å². The molecule has 0 bridgehead atoms. The highest BCUT2D eigenvalue weighted by atomic mass is 16.5. The number of carbonyl (C=O) groups is 2. The second kappa shape index (κ2) is 9.26. The molecule has 2 N–H and O–H groups in total. The van der Waals surface area contributed by atoms with Gasteiger partial charge in [-0.05, 0) is 74.4 Å². The second-order valence-electron chi connectivity index (χ2n) is 7.90. The summed E-state index contributed by atoms with van der Waals surface area (Å²) in [6, 6.07) is 7.23. The molecule has 160 valence electrons. The highest BCUT2D eigenvalue weighted by molar-refractivity contribution is 6.05. The molecule has 1 saturated heterocycles. The summed E-state index contributed by atoms with van der Waals surface area (Å²) < 4.78 is 4.78. The van der Waals surface area contributed by atoms with Gasteiger partial charge in [0.25, 0.3) is 5.91 Å². The molecular weight excluding hydrogens is 382 g/mol. The predicted octanol–water partition coefficient (Wildman–Crippen LogP) is 3.25. The number of amides is 1. The van der Waals surface area contributed by atoms with Crippen LogP contribution in [0.1, 0.15) is 50.4 Å². The van der Waals surface area contributed by atoms with Crippen LogP contribution in [0.2, 0.25) is 0 Å². The number of nitrogens with zero attached hydrogens (tertiary/aromatic N) is 2. The Balaban J connectivity index is 1.84. The van der Waals surface area contributed by atoms with E-state index >= 15 is 0 Å². The van der Waals surface area contributed by atoms with E-state index in [1.165, 1.54) is 7.11 Å². The van der Waals surface area contributed by atoms with Crippen LogP contribution in [0, 0.1) is 26.7 Å². The average molecular weight is 412 g/mol. The Kier molecular flexibility index (Phi) is 6.72. The number of anilines is 2. The van der Waals surface area contributed by atoms with Gasteiger partial charge in [-0.1, -0.05) is 6.07 Å². The van der Waals surface area contributed by atoms with Crippen LogP contribution in [0.4, 0.5) is 11.5 Å². The van der Waals surface area contributed by atoms with Crippen LogP contribution in [0.25, 0.3) is 0 Å². The van der Waals surface area contributed by atoms with Crippen LogP contribution in [-0.2, 0) is 4.74 Å². The van der Waals surface area contributed by atoms with Crippen molar-refractivity contribution in [2.24, 2.45) is 5.92 Å². The lowest BCUT2D eigenvalue weighted by atomic mass is 9.99. The van der Waals surface area contributed by atoms with Gasteiger partial charge in [-0.3, -0.25) is 4.79 Å². The first-order valence-corrected chi connectivity index (χ1v) is 10.2. The first kappa shape index (κ1) is 21.8. The van der Waals surface area contributed by atoms with Crippen LogP contribution < -0.4 is 10.2 Å². The number of carbonyl (C=O) groups excluding carboxylic acids is 2. The van der Waals surface area contributed by atoms with Crippen LogP contribution >= 0.6 is 0 Å². The van der Waals surface area contributed by atoms with E-state index in [1.54, 1.807) is 12.1 Å². The van der Waals surface area contributed by atoms with Gasteiger partial charge >= 0.3 is 5.97 Å². The van der Waals surface area contributed by atoms with E-state index in [2.05, 4.69) is 15.2 Å². The number of nitrogens with one attached hydrogen (secondary N) is 1. The number of aliphatic hydroxyl groups is 1. The van der Waals surface area contributed by atoms with Gasteiger partial charge in [0, 0.05) is 25.4 Å². The van der Waals surface area contributed by atoms with E-state index in [-0.39, 0.29) is 18.4 Å². The Bertz CT molecular complexity index is 934. The van der Waals surface area contributed by atoms with Gasteiger partial charge in [0.05, 0.1) is 12.7 Å². The minimum absolute atomic E-state index is 0.163. The van der Waals surface area contributed by atoms with Crippen molar-refractivity contribution < 1.29 is 19.4 Å². The summed E-state index contributed by atoms with van der Waals surface area (Å²) in [7, 11) is 1.34. The molecule has 1 atom stereocenters. The molecule has 1 unspecified atom stereocenters. The second-order valence-corrected chi connectivity index (χ2v) is 7.90. The maximum Gasteiger partial charge on any atom is 0.337 e. The number of methoxy groups -OCH3 is 1. The zero-order valence-electron chi connectivity index (χ0n) is 18.0. The minimum atomic E-state index is -0.410. The van der Waals surface area contributed by atoms with Crippen molar-refractivity contribution >= 4 is 23.4 Å². The van der Waals surface area contributed by atoms with Gasteiger partial charge in [0.15, 0.2) is 0 Å². The third-order valence-corrected chi connectivity index (χ3v) is 5.59. The number of ether oxygens (including phenoxy) is 1. The summed E-state index contributed by atoms with van der Waals surface area (Å²) in [5.41, 5.74) is 3.82. The van der Waals surface area contributed by atoms with Crippen LogP contribution in [0.5, 0.6) is 0 Å². The third kappa shape index (κ3) is 4.62. The summed E-state index contributed by atoms with van der Waals surface area (Å²) in [5, 5.41) is 12.4. The highest BCUT2D eigenvalue weighted by Crippen LogP contribution is 2.25. The quantitative estimate of drug-likeness (QED) is 0.734. The molecule has 1 aromatic carbocycles. The van der Waals surface area contributed by atoms with Crippen molar-refractivity contribution in [1.29, 1.82) is 0 Å². The molecule has 1 aliphatic rings. The lowest BCUT2D eigenvalue weighted by Crippen LogP contribution is -2.37. The normalized spacial score (nSPS) is 16.3. The van der Waals surface area contributed by atoms with Gasteiger partial charge < -0.3 is 20.1 Å². The van der Waals surface area contributed by atoms with Gasteiger partial charge in [-0.25, -0.2) is 9.78 Å². The molecule has 0 saturated carbocycles. The minimum Gasteiger partial charge on any atom is -0.465 e. The molecule has 1 aliphatic heterocycles. The molecule has 0 radical (unpaired) electrons. The Labute approximate surface area is 177 Å². The number of aryl methyl sites for hydroxylation is 3. The van der Waals surface area contributed by atoms with E-state index in [9.17, 15) is 14.7 Å². The number of rotatable bonds is 5. The summed E-state index contributed by atoms with van der Waals surface area (Å²) in [4.78, 5) is 31.6. The molecule has 30 heavy (non-hydrogen) atoms. The number of esters is 1. The van der Waals surface area contributed by atoms with Gasteiger partial charge in [0.2, 0.25) is 0 Å². The van der Waals surface area contributed by atoms with E-state index in [4.69, 9.17) is 4.74 Å². The van der Waals surface area contributed by atoms with Crippen molar-refractivity contribution in [1.82, 2.24) is 4.98 Å². The molecule has 3 rings (SSSR count). The fourth-order valence-electron chi connectivity index (χ4n) is 3.92. The third-order valence-electron chi connectivity index (χ3n) is 5.59. The number of piperidine rings is 1.